The summed E-state index contributed by atoms with van der Waals surface area (Å²) in [5.74, 6) is 1.64. The first-order chi connectivity index (χ1) is 18.5. The van der Waals surface area contributed by atoms with Gasteiger partial charge in [-0.25, -0.2) is 0 Å². The van der Waals surface area contributed by atoms with Gasteiger partial charge in [-0.05, 0) is 36.2 Å². The van der Waals surface area contributed by atoms with Crippen molar-refractivity contribution in [1.82, 2.24) is 15.2 Å². The highest BCUT2D eigenvalue weighted by molar-refractivity contribution is 9.10. The molecular formula is C29H27BrN4O3S. The molecule has 38 heavy (non-hydrogen) atoms. The zero-order chi connectivity index (χ0) is 26.5. The lowest BCUT2D eigenvalue weighted by molar-refractivity contribution is -0.118. The van der Waals surface area contributed by atoms with E-state index in [1.807, 2.05) is 72.8 Å². The number of halogens is 1. The molecule has 194 valence electrons. The summed E-state index contributed by atoms with van der Waals surface area (Å²) in [6.45, 7) is 4.04. The number of carbonyl (C=O) groups is 1. The van der Waals surface area contributed by atoms with E-state index < -0.39 is 6.23 Å². The Kier molecular flexibility index (Phi) is 8.24. The Labute approximate surface area is 234 Å². The lowest BCUT2D eigenvalue weighted by atomic mass is 10.1. The van der Waals surface area contributed by atoms with Crippen LogP contribution in [0.15, 0.2) is 82.4 Å². The van der Waals surface area contributed by atoms with Crippen LogP contribution >= 0.6 is 27.7 Å². The molecule has 9 heteroatoms. The van der Waals surface area contributed by atoms with Crippen LogP contribution in [0.1, 0.15) is 44.0 Å². The van der Waals surface area contributed by atoms with E-state index in [9.17, 15) is 4.79 Å². The zero-order valence-corrected chi connectivity index (χ0v) is 23.5. The zero-order valence-electron chi connectivity index (χ0n) is 21.1. The standard InChI is InChI=1S/C29H27BrN4O3S/c1-3-4-16-38-29-31-27-26(32-33-29)22-12-8-9-13-24(22)34(19(2)35)28(37-27)23-17-21(30)14-15-25(23)36-18-20-10-6-5-7-11-20/h5-15,17,28H,3-4,16,18H2,1-2H3. The van der Waals surface area contributed by atoms with Crippen molar-refractivity contribution in [2.75, 3.05) is 10.7 Å². The summed E-state index contributed by atoms with van der Waals surface area (Å²) >= 11 is 5.13. The third kappa shape index (κ3) is 5.68. The normalized spacial score (nSPS) is 14.2. The highest BCUT2D eigenvalue weighted by Gasteiger charge is 2.36. The summed E-state index contributed by atoms with van der Waals surface area (Å²) in [6, 6.07) is 23.2. The summed E-state index contributed by atoms with van der Waals surface area (Å²) in [5.41, 5.74) is 3.61. The third-order valence-corrected chi connectivity index (χ3v) is 7.47. The lowest BCUT2D eigenvalue weighted by Crippen LogP contribution is -2.36. The lowest BCUT2D eigenvalue weighted by Gasteiger charge is -2.31. The monoisotopic (exact) mass is 590 g/mol. The van der Waals surface area contributed by atoms with Crippen molar-refractivity contribution in [2.24, 2.45) is 0 Å². The van der Waals surface area contributed by atoms with E-state index >= 15 is 0 Å². The maximum atomic E-state index is 13.2. The van der Waals surface area contributed by atoms with Crippen LogP contribution in [0, 0.1) is 0 Å². The molecule has 1 aliphatic heterocycles. The van der Waals surface area contributed by atoms with Gasteiger partial charge in [-0.15, -0.1) is 10.2 Å². The van der Waals surface area contributed by atoms with Gasteiger partial charge in [-0.2, -0.15) is 4.98 Å². The number of anilines is 1. The number of ether oxygens (including phenoxy) is 2. The molecule has 0 saturated carbocycles. The van der Waals surface area contributed by atoms with Gasteiger partial charge >= 0.3 is 0 Å². The van der Waals surface area contributed by atoms with Gasteiger partial charge in [-0.3, -0.25) is 9.69 Å². The van der Waals surface area contributed by atoms with Crippen LogP contribution in [0.25, 0.3) is 11.3 Å². The molecule has 1 aromatic heterocycles. The predicted molar refractivity (Wildman–Crippen MR) is 152 cm³/mol. The second kappa shape index (κ2) is 12.0. The maximum absolute atomic E-state index is 13.2. The molecular weight excluding hydrogens is 564 g/mol. The molecule has 1 unspecified atom stereocenters. The van der Waals surface area contributed by atoms with E-state index in [-0.39, 0.29) is 5.91 Å². The van der Waals surface area contributed by atoms with Crippen LogP contribution in [0.3, 0.4) is 0 Å². The number of aromatic nitrogens is 3. The van der Waals surface area contributed by atoms with Crippen molar-refractivity contribution in [2.45, 2.75) is 44.7 Å². The number of nitrogens with zero attached hydrogens (tertiary/aromatic N) is 4. The Morgan fingerprint density at radius 3 is 2.66 bits per heavy atom. The van der Waals surface area contributed by atoms with Gasteiger partial charge < -0.3 is 9.47 Å². The van der Waals surface area contributed by atoms with Crippen molar-refractivity contribution in [3.63, 3.8) is 0 Å². The van der Waals surface area contributed by atoms with E-state index in [0.29, 0.717) is 40.3 Å². The van der Waals surface area contributed by atoms with Gasteiger partial charge in [0.05, 0.1) is 11.3 Å². The van der Waals surface area contributed by atoms with Crippen LogP contribution in [-0.4, -0.2) is 26.8 Å². The fourth-order valence-electron chi connectivity index (χ4n) is 4.20. The molecule has 1 amide bonds. The molecule has 1 atom stereocenters. The minimum Gasteiger partial charge on any atom is -0.488 e. The Bertz CT molecular complexity index is 1440. The van der Waals surface area contributed by atoms with Crippen molar-refractivity contribution >= 4 is 39.3 Å². The number of hydrogen-bond donors (Lipinski definition) is 0. The minimum absolute atomic E-state index is 0.185. The summed E-state index contributed by atoms with van der Waals surface area (Å²) in [4.78, 5) is 19.6. The van der Waals surface area contributed by atoms with Crippen molar-refractivity contribution in [1.29, 1.82) is 0 Å². The summed E-state index contributed by atoms with van der Waals surface area (Å²) < 4.78 is 13.7. The SMILES string of the molecule is CCCCSc1nnc2c(n1)OC(c1cc(Br)ccc1OCc1ccccc1)N(C(C)=O)c1ccccc1-2. The van der Waals surface area contributed by atoms with E-state index in [1.165, 1.54) is 6.92 Å². The third-order valence-electron chi connectivity index (χ3n) is 6.06. The molecule has 0 saturated heterocycles. The van der Waals surface area contributed by atoms with Gasteiger partial charge in [0.2, 0.25) is 23.2 Å². The van der Waals surface area contributed by atoms with E-state index in [0.717, 1.165) is 34.2 Å². The predicted octanol–water partition coefficient (Wildman–Crippen LogP) is 7.22. The molecule has 0 spiro atoms. The smallest absolute Gasteiger partial charge is 0.247 e. The van der Waals surface area contributed by atoms with Crippen LogP contribution < -0.4 is 14.4 Å². The molecule has 7 nitrogen and oxygen atoms in total. The number of amides is 1. The molecule has 0 N–H and O–H groups in total. The summed E-state index contributed by atoms with van der Waals surface area (Å²) in [6.07, 6.45) is 1.29. The Balaban J connectivity index is 1.61. The van der Waals surface area contributed by atoms with Gasteiger partial charge in [0, 0.05) is 22.7 Å². The van der Waals surface area contributed by atoms with Crippen LogP contribution in [0.4, 0.5) is 5.69 Å². The molecule has 0 radical (unpaired) electrons. The number of para-hydroxylation sites is 1. The average molecular weight is 592 g/mol. The largest absolute Gasteiger partial charge is 0.488 e. The van der Waals surface area contributed by atoms with Crippen LogP contribution in [0.5, 0.6) is 11.6 Å². The van der Waals surface area contributed by atoms with E-state index in [1.54, 1.807) is 16.7 Å². The summed E-state index contributed by atoms with van der Waals surface area (Å²) in [7, 11) is 0. The second-order valence-corrected chi connectivity index (χ2v) is 10.8. The molecule has 0 aliphatic carbocycles. The number of carbonyl (C=O) groups excluding carboxylic acids is 1. The molecule has 2 heterocycles. The molecule has 5 rings (SSSR count). The van der Waals surface area contributed by atoms with E-state index in [2.05, 4.69) is 33.1 Å². The Hall–Kier alpha value is -3.43. The highest BCUT2D eigenvalue weighted by atomic mass is 79.9. The number of hydrogen-bond acceptors (Lipinski definition) is 7. The number of thioether (sulfide) groups is 1. The van der Waals surface area contributed by atoms with E-state index in [4.69, 9.17) is 14.5 Å². The quantitative estimate of drug-likeness (QED) is 0.158. The maximum Gasteiger partial charge on any atom is 0.247 e. The number of benzene rings is 3. The van der Waals surface area contributed by atoms with Crippen LogP contribution in [-0.2, 0) is 11.4 Å². The number of rotatable bonds is 8. The molecule has 1 aliphatic rings. The van der Waals surface area contributed by atoms with Crippen molar-refractivity contribution < 1.29 is 14.3 Å². The second-order valence-electron chi connectivity index (χ2n) is 8.78. The molecule has 0 fully saturated rings. The molecule has 4 aromatic rings. The topological polar surface area (TPSA) is 77.4 Å². The van der Waals surface area contributed by atoms with Gasteiger partial charge in [0.1, 0.15) is 12.4 Å². The highest BCUT2D eigenvalue weighted by Crippen LogP contribution is 2.45. The van der Waals surface area contributed by atoms with Gasteiger partial charge in [0.25, 0.3) is 0 Å². The minimum atomic E-state index is -0.844. The summed E-state index contributed by atoms with van der Waals surface area (Å²) in [5, 5.41) is 9.39. The van der Waals surface area contributed by atoms with Crippen LogP contribution in [0.2, 0.25) is 0 Å². The van der Waals surface area contributed by atoms with Gasteiger partial charge in [0.15, 0.2) is 5.69 Å². The first-order valence-electron chi connectivity index (χ1n) is 12.4. The Morgan fingerprint density at radius 1 is 1.08 bits per heavy atom. The first-order valence-corrected chi connectivity index (χ1v) is 14.2. The molecule has 3 aromatic carbocycles. The van der Waals surface area contributed by atoms with Gasteiger partial charge in [-0.1, -0.05) is 89.6 Å². The fraction of sp³-hybridized carbons (Fsp3) is 0.241. The molecule has 0 bridgehead atoms. The van der Waals surface area contributed by atoms with Crippen molar-refractivity contribution in [3.8, 4) is 22.9 Å². The first kappa shape index (κ1) is 26.2. The number of fused-ring (bicyclic) bond motifs is 3. The fourth-order valence-corrected chi connectivity index (χ4v) is 5.44. The average Bonchev–Trinajstić information content (AvgIpc) is 3.07. The van der Waals surface area contributed by atoms with Crippen molar-refractivity contribution in [3.05, 3.63) is 88.4 Å². The number of unbranched alkanes of at least 4 members (excludes halogenated alkanes) is 1. The Morgan fingerprint density at radius 2 is 1.87 bits per heavy atom.